The van der Waals surface area contributed by atoms with Crippen LogP contribution in [0.15, 0.2) is 0 Å². The fraction of sp³-hybridized carbons (Fsp3) is 0.929. The molecule has 0 unspecified atom stereocenters. The Bertz CT molecular complexity index is 192. The highest BCUT2D eigenvalue weighted by molar-refractivity contribution is 5.69. The van der Waals surface area contributed by atoms with Gasteiger partial charge in [-0.05, 0) is 31.6 Å². The van der Waals surface area contributed by atoms with Crippen molar-refractivity contribution in [2.45, 2.75) is 59.9 Å². The van der Waals surface area contributed by atoms with Crippen LogP contribution >= 0.6 is 0 Å². The van der Waals surface area contributed by atoms with E-state index in [-0.39, 0.29) is 5.97 Å². The Kier molecular flexibility index (Phi) is 9.14. The third-order valence-electron chi connectivity index (χ3n) is 2.58. The average Bonchev–Trinajstić information content (AvgIpc) is 2.15. The average molecular weight is 243 g/mol. The Morgan fingerprint density at radius 1 is 1.12 bits per heavy atom. The molecule has 0 amide bonds. The number of hydrogen-bond donors (Lipinski definition) is 1. The van der Waals surface area contributed by atoms with Crippen molar-refractivity contribution in [2.24, 2.45) is 11.8 Å². The molecule has 0 rings (SSSR count). The van der Waals surface area contributed by atoms with Crippen molar-refractivity contribution in [3.8, 4) is 0 Å². The second-order valence-corrected chi connectivity index (χ2v) is 5.47. The fourth-order valence-corrected chi connectivity index (χ4v) is 2.01. The molecule has 0 saturated carbocycles. The molecule has 0 saturated heterocycles. The molecule has 1 N–H and O–H groups in total. The van der Waals surface area contributed by atoms with Crippen LogP contribution in [0.4, 0.5) is 0 Å². The van der Waals surface area contributed by atoms with Crippen LogP contribution in [0.1, 0.15) is 53.9 Å². The van der Waals surface area contributed by atoms with E-state index in [1.807, 2.05) is 6.92 Å². The van der Waals surface area contributed by atoms with Gasteiger partial charge in [-0.15, -0.1) is 0 Å². The smallest absolute Gasteiger partial charge is 0.307 e. The van der Waals surface area contributed by atoms with Gasteiger partial charge >= 0.3 is 5.97 Å². The van der Waals surface area contributed by atoms with Crippen LogP contribution in [0, 0.1) is 11.8 Å². The summed E-state index contributed by atoms with van der Waals surface area (Å²) in [5, 5.41) is 3.47. The largest absolute Gasteiger partial charge is 0.466 e. The lowest BCUT2D eigenvalue weighted by Gasteiger charge is -2.22. The van der Waals surface area contributed by atoms with E-state index < -0.39 is 0 Å². The Morgan fingerprint density at radius 2 is 1.65 bits per heavy atom. The summed E-state index contributed by atoms with van der Waals surface area (Å²) in [6, 6.07) is 0.518. The summed E-state index contributed by atoms with van der Waals surface area (Å²) < 4.78 is 4.91. The van der Waals surface area contributed by atoms with Crippen molar-refractivity contribution in [1.82, 2.24) is 5.32 Å². The SMILES string of the molecule is CCOC(=O)CCNC(CC(C)C)CC(C)C. The summed E-state index contributed by atoms with van der Waals surface area (Å²) in [4.78, 5) is 11.2. The molecular weight excluding hydrogens is 214 g/mol. The third-order valence-corrected chi connectivity index (χ3v) is 2.58. The van der Waals surface area contributed by atoms with Gasteiger partial charge in [0.25, 0.3) is 0 Å². The molecule has 0 aromatic carbocycles. The predicted molar refractivity (Wildman–Crippen MR) is 72.0 cm³/mol. The van der Waals surface area contributed by atoms with Crippen molar-refractivity contribution in [3.63, 3.8) is 0 Å². The minimum Gasteiger partial charge on any atom is -0.466 e. The lowest BCUT2D eigenvalue weighted by molar-refractivity contribution is -0.143. The number of carbonyl (C=O) groups excluding carboxylic acids is 1. The Labute approximate surface area is 106 Å². The van der Waals surface area contributed by atoms with Crippen LogP contribution in [0.3, 0.4) is 0 Å². The van der Waals surface area contributed by atoms with Gasteiger partial charge in [0, 0.05) is 12.6 Å². The van der Waals surface area contributed by atoms with E-state index in [0.717, 1.165) is 6.54 Å². The molecule has 0 aliphatic heterocycles. The molecular formula is C14H29NO2. The van der Waals surface area contributed by atoms with Crippen molar-refractivity contribution < 1.29 is 9.53 Å². The standard InChI is InChI=1S/C14H29NO2/c1-6-17-14(16)7-8-15-13(9-11(2)3)10-12(4)5/h11-13,15H,6-10H2,1-5H3. The Morgan fingerprint density at radius 3 is 2.06 bits per heavy atom. The molecule has 0 aromatic rings. The molecule has 0 heterocycles. The second-order valence-electron chi connectivity index (χ2n) is 5.47. The first-order valence-electron chi connectivity index (χ1n) is 6.84. The maximum Gasteiger partial charge on any atom is 0.307 e. The summed E-state index contributed by atoms with van der Waals surface area (Å²) in [6.07, 6.45) is 2.81. The Hall–Kier alpha value is -0.570. The van der Waals surface area contributed by atoms with Crippen LogP contribution < -0.4 is 5.32 Å². The first-order chi connectivity index (χ1) is 7.95. The summed E-state index contributed by atoms with van der Waals surface area (Å²) in [6.45, 7) is 12.0. The first-order valence-corrected chi connectivity index (χ1v) is 6.84. The van der Waals surface area contributed by atoms with Gasteiger partial charge in [-0.25, -0.2) is 0 Å². The van der Waals surface area contributed by atoms with E-state index in [4.69, 9.17) is 4.74 Å². The van der Waals surface area contributed by atoms with Gasteiger partial charge in [-0.3, -0.25) is 4.79 Å². The maximum atomic E-state index is 11.2. The zero-order valence-corrected chi connectivity index (χ0v) is 12.1. The summed E-state index contributed by atoms with van der Waals surface area (Å²) in [5.74, 6) is 1.27. The van der Waals surface area contributed by atoms with Gasteiger partial charge in [0.2, 0.25) is 0 Å². The highest BCUT2D eigenvalue weighted by Crippen LogP contribution is 2.13. The van der Waals surface area contributed by atoms with E-state index in [1.54, 1.807) is 0 Å². The normalized spacial score (nSPS) is 11.5. The molecule has 0 bridgehead atoms. The maximum absolute atomic E-state index is 11.2. The molecule has 0 fully saturated rings. The number of hydrogen-bond acceptors (Lipinski definition) is 3. The molecule has 0 aliphatic rings. The Balaban J connectivity index is 3.86. The molecule has 0 atom stereocenters. The molecule has 0 aliphatic carbocycles. The minimum absolute atomic E-state index is 0.104. The van der Waals surface area contributed by atoms with Gasteiger partial charge in [-0.2, -0.15) is 0 Å². The lowest BCUT2D eigenvalue weighted by atomic mass is 9.95. The quantitative estimate of drug-likeness (QED) is 0.633. The van der Waals surface area contributed by atoms with E-state index in [0.29, 0.717) is 30.9 Å². The predicted octanol–water partition coefficient (Wildman–Crippen LogP) is 2.99. The van der Waals surface area contributed by atoms with E-state index in [2.05, 4.69) is 33.0 Å². The van der Waals surface area contributed by atoms with E-state index >= 15 is 0 Å². The molecule has 0 spiro atoms. The number of nitrogens with one attached hydrogen (secondary N) is 1. The van der Waals surface area contributed by atoms with Gasteiger partial charge < -0.3 is 10.1 Å². The van der Waals surface area contributed by atoms with Crippen LogP contribution in [0.2, 0.25) is 0 Å². The van der Waals surface area contributed by atoms with Crippen molar-refractivity contribution in [3.05, 3.63) is 0 Å². The summed E-state index contributed by atoms with van der Waals surface area (Å²) in [5.41, 5.74) is 0. The highest BCUT2D eigenvalue weighted by Gasteiger charge is 2.12. The van der Waals surface area contributed by atoms with Crippen molar-refractivity contribution >= 4 is 5.97 Å². The van der Waals surface area contributed by atoms with Crippen molar-refractivity contribution in [2.75, 3.05) is 13.2 Å². The van der Waals surface area contributed by atoms with Crippen LogP contribution in [-0.2, 0) is 9.53 Å². The van der Waals surface area contributed by atoms with Crippen molar-refractivity contribution in [1.29, 1.82) is 0 Å². The van der Waals surface area contributed by atoms with Gasteiger partial charge in [0.05, 0.1) is 13.0 Å². The molecule has 0 aromatic heterocycles. The molecule has 102 valence electrons. The van der Waals surface area contributed by atoms with Gasteiger partial charge in [0.15, 0.2) is 0 Å². The van der Waals surface area contributed by atoms with Crippen LogP contribution in [-0.4, -0.2) is 25.2 Å². The van der Waals surface area contributed by atoms with Crippen LogP contribution in [0.5, 0.6) is 0 Å². The van der Waals surface area contributed by atoms with E-state index in [1.165, 1.54) is 12.8 Å². The molecule has 3 nitrogen and oxygen atoms in total. The molecule has 17 heavy (non-hydrogen) atoms. The topological polar surface area (TPSA) is 38.3 Å². The second kappa shape index (κ2) is 9.46. The fourth-order valence-electron chi connectivity index (χ4n) is 2.01. The monoisotopic (exact) mass is 243 g/mol. The zero-order chi connectivity index (χ0) is 13.3. The van der Waals surface area contributed by atoms with Crippen LogP contribution in [0.25, 0.3) is 0 Å². The summed E-state index contributed by atoms with van der Waals surface area (Å²) in [7, 11) is 0. The number of ether oxygens (including phenoxy) is 1. The zero-order valence-electron chi connectivity index (χ0n) is 12.1. The van der Waals surface area contributed by atoms with Gasteiger partial charge in [-0.1, -0.05) is 27.7 Å². The summed E-state index contributed by atoms with van der Waals surface area (Å²) >= 11 is 0. The highest BCUT2D eigenvalue weighted by atomic mass is 16.5. The van der Waals surface area contributed by atoms with E-state index in [9.17, 15) is 4.79 Å². The number of carbonyl (C=O) groups is 1. The van der Waals surface area contributed by atoms with Gasteiger partial charge in [0.1, 0.15) is 0 Å². The molecule has 3 heteroatoms. The third kappa shape index (κ3) is 10.3. The number of rotatable bonds is 9. The minimum atomic E-state index is -0.104. The first kappa shape index (κ1) is 16.4. The molecule has 0 radical (unpaired) electrons. The lowest BCUT2D eigenvalue weighted by Crippen LogP contribution is -2.33. The number of esters is 1.